The van der Waals surface area contributed by atoms with Gasteiger partial charge in [0.1, 0.15) is 0 Å². The summed E-state index contributed by atoms with van der Waals surface area (Å²) < 4.78 is 9.07. The fourth-order valence-electron chi connectivity index (χ4n) is 2.58. The molecule has 1 aromatic carbocycles. The first-order valence-corrected chi connectivity index (χ1v) is 7.50. The Kier molecular flexibility index (Phi) is 4.85. The Labute approximate surface area is 140 Å². The van der Waals surface area contributed by atoms with Gasteiger partial charge in [0.25, 0.3) is 0 Å². The molecule has 0 aromatic heterocycles. The van der Waals surface area contributed by atoms with E-state index in [0.717, 1.165) is 5.56 Å². The van der Waals surface area contributed by atoms with Gasteiger partial charge < -0.3 is 14.6 Å². The molecule has 0 fully saturated rings. The summed E-state index contributed by atoms with van der Waals surface area (Å²) in [6, 6.07) is 5.58. The van der Waals surface area contributed by atoms with E-state index in [0.29, 0.717) is 35.7 Å². The van der Waals surface area contributed by atoms with Crippen molar-refractivity contribution in [1.82, 2.24) is 0 Å². The van der Waals surface area contributed by atoms with Crippen molar-refractivity contribution in [3.8, 4) is 17.6 Å². The Balaban J connectivity index is 2.62. The van der Waals surface area contributed by atoms with Crippen LogP contribution in [0.25, 0.3) is 0 Å². The number of carbonyl (C=O) groups is 1. The molecule has 122 valence electrons. The van der Waals surface area contributed by atoms with Crippen LogP contribution in [0.1, 0.15) is 18.1 Å². The van der Waals surface area contributed by atoms with Crippen LogP contribution in [0.5, 0.6) is 11.5 Å². The molecule has 23 heavy (non-hydrogen) atoms. The monoisotopic (exact) mass is 334 g/mol. The zero-order chi connectivity index (χ0) is 17.2. The zero-order valence-corrected chi connectivity index (χ0v) is 14.1. The highest BCUT2D eigenvalue weighted by Crippen LogP contribution is 2.38. The average Bonchev–Trinajstić information content (AvgIpc) is 2.58. The summed E-state index contributed by atoms with van der Waals surface area (Å²) >= 11 is 4.39. The van der Waals surface area contributed by atoms with E-state index in [1.807, 2.05) is 12.1 Å². The standard InChI is InChI=1S/C16H18N2O4S/c1-9(15(19)20)16(23,8-17)14-11-7-13(22-3)12(21-2)6-10(11)4-5-18-14/h6-7,9,23H,4-5H2,1-3H3,(H,19,20). The van der Waals surface area contributed by atoms with E-state index in [4.69, 9.17) is 9.47 Å². The maximum atomic E-state index is 11.4. The fraction of sp³-hybridized carbons (Fsp3) is 0.438. The summed E-state index contributed by atoms with van der Waals surface area (Å²) in [5.41, 5.74) is 1.97. The molecule has 2 atom stereocenters. The van der Waals surface area contributed by atoms with Crippen LogP contribution in [-0.4, -0.2) is 42.3 Å². The minimum absolute atomic E-state index is 0.362. The number of thiol groups is 1. The predicted octanol–water partition coefficient (Wildman–Crippen LogP) is 1.96. The molecular formula is C16H18N2O4S. The van der Waals surface area contributed by atoms with Crippen molar-refractivity contribution in [2.45, 2.75) is 18.1 Å². The van der Waals surface area contributed by atoms with Crippen LogP contribution in [-0.2, 0) is 11.2 Å². The highest BCUT2D eigenvalue weighted by atomic mass is 32.1. The molecule has 1 aliphatic heterocycles. The predicted molar refractivity (Wildman–Crippen MR) is 88.8 cm³/mol. The van der Waals surface area contributed by atoms with Crippen LogP contribution in [0, 0.1) is 17.2 Å². The molecule has 1 aromatic rings. The van der Waals surface area contributed by atoms with Crippen LogP contribution in [0.4, 0.5) is 0 Å². The molecule has 0 bridgehead atoms. The number of nitrogens with zero attached hydrogens (tertiary/aromatic N) is 2. The van der Waals surface area contributed by atoms with E-state index in [1.165, 1.54) is 14.0 Å². The summed E-state index contributed by atoms with van der Waals surface area (Å²) in [5, 5.41) is 18.9. The molecule has 0 saturated heterocycles. The number of ether oxygens (including phenoxy) is 2. The Morgan fingerprint density at radius 3 is 2.57 bits per heavy atom. The summed E-state index contributed by atoms with van der Waals surface area (Å²) in [5.74, 6) is -1.04. The number of carboxylic acids is 1. The van der Waals surface area contributed by atoms with Gasteiger partial charge in [0.15, 0.2) is 16.2 Å². The fourth-order valence-corrected chi connectivity index (χ4v) is 2.88. The van der Waals surface area contributed by atoms with Gasteiger partial charge in [-0.1, -0.05) is 0 Å². The van der Waals surface area contributed by atoms with Crippen molar-refractivity contribution >= 4 is 24.3 Å². The van der Waals surface area contributed by atoms with E-state index in [1.54, 1.807) is 13.2 Å². The van der Waals surface area contributed by atoms with Crippen molar-refractivity contribution in [3.63, 3.8) is 0 Å². The van der Waals surface area contributed by atoms with E-state index >= 15 is 0 Å². The largest absolute Gasteiger partial charge is 0.493 e. The van der Waals surface area contributed by atoms with E-state index in [9.17, 15) is 15.2 Å². The Hall–Kier alpha value is -2.20. The van der Waals surface area contributed by atoms with Crippen LogP contribution < -0.4 is 9.47 Å². The Morgan fingerprint density at radius 2 is 2.04 bits per heavy atom. The third-order valence-corrected chi connectivity index (χ3v) is 4.74. The molecule has 7 heteroatoms. The molecule has 1 aliphatic rings. The number of aliphatic imine (C=N–C) groups is 1. The number of methoxy groups -OCH3 is 2. The first-order valence-electron chi connectivity index (χ1n) is 7.05. The summed E-state index contributed by atoms with van der Waals surface area (Å²) in [4.78, 5) is 15.8. The van der Waals surface area contributed by atoms with Crippen molar-refractivity contribution in [1.29, 1.82) is 5.26 Å². The quantitative estimate of drug-likeness (QED) is 0.803. The van der Waals surface area contributed by atoms with Gasteiger partial charge in [-0.3, -0.25) is 9.79 Å². The average molecular weight is 334 g/mol. The molecule has 0 spiro atoms. The maximum absolute atomic E-state index is 11.4. The number of nitriles is 1. The highest BCUT2D eigenvalue weighted by molar-refractivity contribution is 7.83. The highest BCUT2D eigenvalue weighted by Gasteiger charge is 2.44. The third-order valence-electron chi connectivity index (χ3n) is 4.04. The molecule has 1 heterocycles. The van der Waals surface area contributed by atoms with E-state index in [2.05, 4.69) is 17.6 Å². The molecule has 0 radical (unpaired) electrons. The number of carboxylic acid groups (broad SMARTS) is 1. The molecule has 6 nitrogen and oxygen atoms in total. The van der Waals surface area contributed by atoms with Crippen molar-refractivity contribution in [3.05, 3.63) is 23.3 Å². The number of benzene rings is 1. The summed E-state index contributed by atoms with van der Waals surface area (Å²) in [6.07, 6.45) is 0.677. The number of aliphatic carboxylic acids is 1. The van der Waals surface area contributed by atoms with Crippen molar-refractivity contribution in [2.24, 2.45) is 10.9 Å². The normalized spacial score (nSPS) is 17.1. The lowest BCUT2D eigenvalue weighted by molar-refractivity contribution is -0.141. The first-order chi connectivity index (χ1) is 10.9. The van der Waals surface area contributed by atoms with E-state index < -0.39 is 16.6 Å². The van der Waals surface area contributed by atoms with Gasteiger partial charge >= 0.3 is 5.97 Å². The second kappa shape index (κ2) is 6.50. The number of rotatable bonds is 5. The van der Waals surface area contributed by atoms with Crippen molar-refractivity contribution in [2.75, 3.05) is 20.8 Å². The van der Waals surface area contributed by atoms with Gasteiger partial charge in [-0.2, -0.15) is 17.9 Å². The Morgan fingerprint density at radius 1 is 1.43 bits per heavy atom. The van der Waals surface area contributed by atoms with Gasteiger partial charge in [-0.15, -0.1) is 0 Å². The molecule has 2 unspecified atom stereocenters. The van der Waals surface area contributed by atoms with Gasteiger partial charge in [0.05, 0.1) is 31.9 Å². The van der Waals surface area contributed by atoms with Gasteiger partial charge in [0, 0.05) is 12.1 Å². The topological polar surface area (TPSA) is 91.9 Å². The van der Waals surface area contributed by atoms with Gasteiger partial charge in [-0.05, 0) is 31.0 Å². The third kappa shape index (κ3) is 2.86. The number of hydrogen-bond donors (Lipinski definition) is 2. The summed E-state index contributed by atoms with van der Waals surface area (Å²) in [7, 11) is 3.06. The minimum atomic E-state index is -1.53. The SMILES string of the molecule is COc1cc2c(cc1OC)C(C(S)(C#N)C(C)C(=O)O)=NCC2. The molecule has 1 N–H and O–H groups in total. The van der Waals surface area contributed by atoms with Gasteiger partial charge in [0.2, 0.25) is 0 Å². The second-order valence-corrected chi connectivity index (χ2v) is 5.99. The summed E-state index contributed by atoms with van der Waals surface area (Å²) in [6.45, 7) is 1.92. The molecular weight excluding hydrogens is 316 g/mol. The Bertz CT molecular complexity index is 711. The van der Waals surface area contributed by atoms with Crippen LogP contribution in [0.2, 0.25) is 0 Å². The number of fused-ring (bicyclic) bond motifs is 1. The lowest BCUT2D eigenvalue weighted by Crippen LogP contribution is -2.44. The van der Waals surface area contributed by atoms with Crippen LogP contribution in [0.15, 0.2) is 17.1 Å². The molecule has 2 rings (SSSR count). The minimum Gasteiger partial charge on any atom is -0.493 e. The lowest BCUT2D eigenvalue weighted by Gasteiger charge is -2.30. The smallest absolute Gasteiger partial charge is 0.309 e. The van der Waals surface area contributed by atoms with Crippen LogP contribution >= 0.6 is 12.6 Å². The maximum Gasteiger partial charge on any atom is 0.309 e. The van der Waals surface area contributed by atoms with E-state index in [-0.39, 0.29) is 0 Å². The first kappa shape index (κ1) is 17.2. The zero-order valence-electron chi connectivity index (χ0n) is 13.2. The van der Waals surface area contributed by atoms with Crippen LogP contribution in [0.3, 0.4) is 0 Å². The number of hydrogen-bond acceptors (Lipinski definition) is 6. The molecule has 0 saturated carbocycles. The molecule has 0 aliphatic carbocycles. The molecule has 0 amide bonds. The van der Waals surface area contributed by atoms with Crippen molar-refractivity contribution < 1.29 is 19.4 Å². The second-order valence-electron chi connectivity index (χ2n) is 5.28. The van der Waals surface area contributed by atoms with Gasteiger partial charge in [-0.25, -0.2) is 0 Å². The lowest BCUT2D eigenvalue weighted by atomic mass is 9.82.